The largest absolute Gasteiger partial charge is 0.384 e. The number of pyridine rings is 1. The summed E-state index contributed by atoms with van der Waals surface area (Å²) < 4.78 is 14.8. The van der Waals surface area contributed by atoms with Gasteiger partial charge >= 0.3 is 0 Å². The van der Waals surface area contributed by atoms with Gasteiger partial charge in [-0.15, -0.1) is 0 Å². The molecule has 3 heterocycles. The Kier molecular flexibility index (Phi) is 10.2. The first-order valence-electron chi connectivity index (χ1n) is 16.9. The van der Waals surface area contributed by atoms with E-state index >= 15 is 0 Å². The van der Waals surface area contributed by atoms with E-state index < -0.39 is 0 Å². The molecule has 1 aliphatic rings. The summed E-state index contributed by atoms with van der Waals surface area (Å²) in [5, 5.41) is 16.6. The maximum atomic E-state index is 14.8. The van der Waals surface area contributed by atoms with Gasteiger partial charge in [0.25, 0.3) is 0 Å². The van der Waals surface area contributed by atoms with Crippen molar-refractivity contribution >= 4 is 33.2 Å². The molecule has 4 N–H and O–H groups in total. The van der Waals surface area contributed by atoms with Crippen molar-refractivity contribution in [1.29, 1.82) is 0 Å². The lowest BCUT2D eigenvalue weighted by Gasteiger charge is -2.23. The highest BCUT2D eigenvalue weighted by atomic mass is 19.1. The molecule has 5 aromatic rings. The van der Waals surface area contributed by atoms with E-state index in [1.165, 1.54) is 38.2 Å². The number of aromatic nitrogens is 4. The molecule has 0 radical (unpaired) electrons. The van der Waals surface area contributed by atoms with Crippen molar-refractivity contribution in [2.75, 3.05) is 32.5 Å². The minimum atomic E-state index is -0.288. The fourth-order valence-corrected chi connectivity index (χ4v) is 6.72. The standard InChI is InChI=1S/C40H46FN7/c1-6-28(21-32(7-2)44-26(3)19-27-11-9-8-10-12-27)29-13-14-37-36(23-29)39(47-46-37)38-25-35-34(15-16-43-40(35)45-38)30-20-31(41)24-33(22-30)42-17-18-48(4)5/h6-7,13-16,20-25,27,42,44H,2-3,8-12,17-19H2,1,4-5H3,(H,43,45)(H,46,47)/b28-6+,32-21+. The number of hydrogen-bond acceptors (Lipinski definition) is 5. The predicted molar refractivity (Wildman–Crippen MR) is 199 cm³/mol. The number of H-pyrrole nitrogens is 2. The van der Waals surface area contributed by atoms with Gasteiger partial charge in [-0.25, -0.2) is 9.37 Å². The summed E-state index contributed by atoms with van der Waals surface area (Å²) in [4.78, 5) is 10.2. The van der Waals surface area contributed by atoms with Gasteiger partial charge in [0.2, 0.25) is 0 Å². The normalized spacial score (nSPS) is 14.6. The van der Waals surface area contributed by atoms with Crippen molar-refractivity contribution in [1.82, 2.24) is 30.4 Å². The second-order valence-corrected chi connectivity index (χ2v) is 13.1. The summed E-state index contributed by atoms with van der Waals surface area (Å²) in [6.45, 7) is 12.0. The highest BCUT2D eigenvalue weighted by Gasteiger charge is 2.17. The van der Waals surface area contributed by atoms with Crippen LogP contribution in [-0.4, -0.2) is 52.3 Å². The van der Waals surface area contributed by atoms with Crippen LogP contribution in [0.25, 0.3) is 50.0 Å². The predicted octanol–water partition coefficient (Wildman–Crippen LogP) is 9.43. The Hall–Kier alpha value is -4.95. The molecule has 1 aliphatic carbocycles. The highest BCUT2D eigenvalue weighted by molar-refractivity contribution is 6.00. The van der Waals surface area contributed by atoms with E-state index in [9.17, 15) is 4.39 Å². The molecule has 2 aromatic carbocycles. The zero-order valence-corrected chi connectivity index (χ0v) is 28.3. The van der Waals surface area contributed by atoms with Gasteiger partial charge in [-0.05, 0) is 110 Å². The van der Waals surface area contributed by atoms with Crippen LogP contribution in [0.5, 0.6) is 0 Å². The number of benzene rings is 2. The van der Waals surface area contributed by atoms with Gasteiger partial charge in [0.15, 0.2) is 0 Å². The zero-order valence-electron chi connectivity index (χ0n) is 28.3. The van der Waals surface area contributed by atoms with Gasteiger partial charge in [-0.3, -0.25) is 5.10 Å². The number of hydrogen-bond donors (Lipinski definition) is 4. The van der Waals surface area contributed by atoms with Crippen molar-refractivity contribution in [3.63, 3.8) is 0 Å². The molecule has 0 atom stereocenters. The van der Waals surface area contributed by atoms with E-state index in [4.69, 9.17) is 5.10 Å². The first-order chi connectivity index (χ1) is 23.3. The van der Waals surface area contributed by atoms with Crippen molar-refractivity contribution in [3.8, 4) is 22.5 Å². The van der Waals surface area contributed by atoms with Gasteiger partial charge in [-0.2, -0.15) is 5.10 Å². The number of nitrogens with zero attached hydrogens (tertiary/aromatic N) is 3. The number of rotatable bonds is 13. The average Bonchev–Trinajstić information content (AvgIpc) is 3.70. The van der Waals surface area contributed by atoms with Crippen LogP contribution in [0, 0.1) is 11.7 Å². The lowest BCUT2D eigenvalue weighted by atomic mass is 9.86. The SMILES string of the molecule is C=C/C(=C\C(=C/C)c1ccc2[nH]nc(-c3cc4c(-c5cc(F)cc(NCCN(C)C)c5)ccnc4[nH]3)c2c1)NC(=C)CC1CCCCC1. The second-order valence-electron chi connectivity index (χ2n) is 13.1. The fourth-order valence-electron chi connectivity index (χ4n) is 6.72. The molecule has 0 unspecified atom stereocenters. The van der Waals surface area contributed by atoms with Crippen molar-refractivity contribution < 1.29 is 4.39 Å². The summed E-state index contributed by atoms with van der Waals surface area (Å²) in [6, 6.07) is 15.4. The molecule has 48 heavy (non-hydrogen) atoms. The Bertz CT molecular complexity index is 1990. The molecule has 248 valence electrons. The monoisotopic (exact) mass is 643 g/mol. The molecule has 1 saturated carbocycles. The van der Waals surface area contributed by atoms with E-state index in [2.05, 4.69) is 80.2 Å². The minimum absolute atomic E-state index is 0.288. The Balaban J connectivity index is 1.28. The van der Waals surface area contributed by atoms with Crippen LogP contribution >= 0.6 is 0 Å². The van der Waals surface area contributed by atoms with Crippen molar-refractivity contribution in [3.05, 3.63) is 109 Å². The van der Waals surface area contributed by atoms with Crippen LogP contribution in [0.15, 0.2) is 97.5 Å². The Morgan fingerprint density at radius 3 is 2.67 bits per heavy atom. The van der Waals surface area contributed by atoms with Crippen molar-refractivity contribution in [2.24, 2.45) is 5.92 Å². The Morgan fingerprint density at radius 2 is 1.90 bits per heavy atom. The molecular weight excluding hydrogens is 597 g/mol. The zero-order chi connectivity index (χ0) is 33.6. The van der Waals surface area contributed by atoms with Crippen LogP contribution in [0.1, 0.15) is 51.0 Å². The minimum Gasteiger partial charge on any atom is -0.384 e. The lowest BCUT2D eigenvalue weighted by Crippen LogP contribution is -2.20. The van der Waals surface area contributed by atoms with E-state index in [1.54, 1.807) is 12.3 Å². The van der Waals surface area contributed by atoms with Crippen LogP contribution in [0.4, 0.5) is 10.1 Å². The summed E-state index contributed by atoms with van der Waals surface area (Å²) in [7, 11) is 4.03. The number of likely N-dealkylation sites (N-methyl/N-ethyl adjacent to an activating group) is 1. The summed E-state index contributed by atoms with van der Waals surface area (Å²) in [5.74, 6) is 0.425. The highest BCUT2D eigenvalue weighted by Crippen LogP contribution is 2.35. The second kappa shape index (κ2) is 14.9. The molecular formula is C40H46FN7. The van der Waals surface area contributed by atoms with Crippen molar-refractivity contribution in [2.45, 2.75) is 45.4 Å². The first kappa shape index (κ1) is 33.0. The average molecular weight is 644 g/mol. The fraction of sp³-hybridized carbons (Fsp3) is 0.300. The summed E-state index contributed by atoms with van der Waals surface area (Å²) in [5.41, 5.74) is 9.81. The molecule has 0 bridgehead atoms. The quantitative estimate of drug-likeness (QED) is 0.0961. The van der Waals surface area contributed by atoms with Gasteiger partial charge in [0, 0.05) is 47.1 Å². The third-order valence-electron chi connectivity index (χ3n) is 9.20. The molecule has 7 nitrogen and oxygen atoms in total. The third-order valence-corrected chi connectivity index (χ3v) is 9.20. The first-order valence-corrected chi connectivity index (χ1v) is 16.9. The molecule has 8 heteroatoms. The maximum absolute atomic E-state index is 14.8. The Morgan fingerprint density at radius 1 is 1.06 bits per heavy atom. The van der Waals surface area contributed by atoms with Crippen LogP contribution in [0.3, 0.4) is 0 Å². The van der Waals surface area contributed by atoms with Gasteiger partial charge in [-0.1, -0.05) is 57.4 Å². The van der Waals surface area contributed by atoms with Gasteiger partial charge in [0.05, 0.1) is 11.2 Å². The smallest absolute Gasteiger partial charge is 0.138 e. The number of nitrogens with one attached hydrogen (secondary N) is 4. The maximum Gasteiger partial charge on any atom is 0.138 e. The lowest BCUT2D eigenvalue weighted by molar-refractivity contribution is 0.353. The Labute approximate surface area is 282 Å². The molecule has 0 amide bonds. The van der Waals surface area contributed by atoms with E-state index in [0.29, 0.717) is 11.6 Å². The van der Waals surface area contributed by atoms with Gasteiger partial charge < -0.3 is 20.5 Å². The number of fused-ring (bicyclic) bond motifs is 2. The molecule has 6 rings (SSSR count). The molecule has 3 aromatic heterocycles. The van der Waals surface area contributed by atoms with E-state index in [-0.39, 0.29) is 5.82 Å². The third kappa shape index (κ3) is 7.60. The van der Waals surface area contributed by atoms with Crippen LogP contribution in [-0.2, 0) is 0 Å². The van der Waals surface area contributed by atoms with Gasteiger partial charge in [0.1, 0.15) is 17.2 Å². The molecule has 0 aliphatic heterocycles. The number of aromatic amines is 2. The summed E-state index contributed by atoms with van der Waals surface area (Å²) >= 11 is 0. The number of anilines is 1. The summed E-state index contributed by atoms with van der Waals surface area (Å²) in [6.07, 6.45) is 15.4. The van der Waals surface area contributed by atoms with Crippen LogP contribution in [0.2, 0.25) is 0 Å². The van der Waals surface area contributed by atoms with E-state index in [0.717, 1.165) is 86.5 Å². The number of allylic oxidation sites excluding steroid dienone is 5. The molecule has 1 fully saturated rings. The number of halogens is 1. The topological polar surface area (TPSA) is 84.7 Å². The van der Waals surface area contributed by atoms with E-state index in [1.807, 2.05) is 39.2 Å². The molecule has 0 spiro atoms. The van der Waals surface area contributed by atoms with Crippen LogP contribution < -0.4 is 10.6 Å². The molecule has 0 saturated heterocycles.